The summed E-state index contributed by atoms with van der Waals surface area (Å²) < 4.78 is 7.80. The molecule has 6 nitrogen and oxygen atoms in total. The van der Waals surface area contributed by atoms with E-state index in [0.29, 0.717) is 6.10 Å². The molecule has 134 valence electrons. The van der Waals surface area contributed by atoms with Gasteiger partial charge in [-0.05, 0) is 53.9 Å². The molecule has 0 radical (unpaired) electrons. The van der Waals surface area contributed by atoms with Crippen LogP contribution in [0.3, 0.4) is 0 Å². The van der Waals surface area contributed by atoms with E-state index in [0.717, 1.165) is 42.9 Å². The minimum Gasteiger partial charge on any atom is -0.378 e. The van der Waals surface area contributed by atoms with Gasteiger partial charge in [0.25, 0.3) is 0 Å². The fourth-order valence-corrected chi connectivity index (χ4v) is 4.30. The van der Waals surface area contributed by atoms with E-state index in [9.17, 15) is 4.79 Å². The minimum absolute atomic E-state index is 0.129. The molecule has 0 aliphatic heterocycles. The van der Waals surface area contributed by atoms with Crippen LogP contribution in [-0.4, -0.2) is 34.6 Å². The summed E-state index contributed by atoms with van der Waals surface area (Å²) in [6.07, 6.45) is 4.79. The summed E-state index contributed by atoms with van der Waals surface area (Å²) in [4.78, 5) is 12.5. The lowest BCUT2D eigenvalue weighted by atomic mass is 9.51. The van der Waals surface area contributed by atoms with E-state index in [2.05, 4.69) is 29.6 Å². The molecule has 1 spiro atoms. The number of nitrogens with one attached hydrogen (secondary N) is 2. The highest BCUT2D eigenvalue weighted by Gasteiger charge is 2.59. The van der Waals surface area contributed by atoms with Gasteiger partial charge < -0.3 is 15.4 Å². The summed E-state index contributed by atoms with van der Waals surface area (Å²) >= 11 is 0. The fraction of sp³-hybridized carbons (Fsp3) is 0.778. The minimum atomic E-state index is -0.129. The van der Waals surface area contributed by atoms with Crippen LogP contribution in [-0.2, 0) is 4.74 Å². The Kier molecular flexibility index (Phi) is 4.60. The molecule has 2 aliphatic carbocycles. The second kappa shape index (κ2) is 6.39. The van der Waals surface area contributed by atoms with E-state index in [1.54, 1.807) is 0 Å². The zero-order chi connectivity index (χ0) is 17.5. The lowest BCUT2D eigenvalue weighted by molar-refractivity contribution is -0.169. The van der Waals surface area contributed by atoms with Crippen molar-refractivity contribution < 1.29 is 9.53 Å². The summed E-state index contributed by atoms with van der Waals surface area (Å²) in [6.45, 7) is 10.9. The number of hydrogen-bond donors (Lipinski definition) is 2. The number of nitrogens with zero attached hydrogens (tertiary/aromatic N) is 2. The van der Waals surface area contributed by atoms with E-state index < -0.39 is 0 Å². The topological polar surface area (TPSA) is 68.2 Å². The molecular formula is C18H30N4O2. The Morgan fingerprint density at radius 3 is 2.62 bits per heavy atom. The number of hydrogen-bond acceptors (Lipinski definition) is 3. The van der Waals surface area contributed by atoms with Gasteiger partial charge in [-0.25, -0.2) is 4.79 Å². The summed E-state index contributed by atoms with van der Waals surface area (Å²) in [6, 6.07) is 0.374. The van der Waals surface area contributed by atoms with Gasteiger partial charge >= 0.3 is 6.03 Å². The predicted molar refractivity (Wildman–Crippen MR) is 94.3 cm³/mol. The summed E-state index contributed by atoms with van der Waals surface area (Å²) in [5.41, 5.74) is 2.86. The van der Waals surface area contributed by atoms with Crippen LogP contribution in [0.4, 0.5) is 10.5 Å². The molecule has 3 rings (SSSR count). The number of anilines is 1. The van der Waals surface area contributed by atoms with E-state index in [1.807, 2.05) is 25.5 Å². The maximum Gasteiger partial charge on any atom is 0.319 e. The van der Waals surface area contributed by atoms with Crippen molar-refractivity contribution in [2.24, 2.45) is 5.41 Å². The van der Waals surface area contributed by atoms with Gasteiger partial charge in [-0.3, -0.25) is 4.68 Å². The molecule has 24 heavy (non-hydrogen) atoms. The van der Waals surface area contributed by atoms with E-state index in [-0.39, 0.29) is 23.5 Å². The molecule has 6 heteroatoms. The Morgan fingerprint density at radius 1 is 1.42 bits per heavy atom. The summed E-state index contributed by atoms with van der Waals surface area (Å²) in [5.74, 6) is 0. The van der Waals surface area contributed by atoms with Crippen molar-refractivity contribution in [3.05, 3.63) is 11.4 Å². The zero-order valence-electron chi connectivity index (χ0n) is 15.5. The quantitative estimate of drug-likeness (QED) is 0.865. The van der Waals surface area contributed by atoms with Crippen molar-refractivity contribution in [1.29, 1.82) is 0 Å². The van der Waals surface area contributed by atoms with Gasteiger partial charge in [0.05, 0.1) is 23.2 Å². The van der Waals surface area contributed by atoms with Crippen molar-refractivity contribution in [3.63, 3.8) is 0 Å². The number of aromatic nitrogens is 2. The molecule has 2 amide bonds. The molecule has 2 N–H and O–H groups in total. The Balaban J connectivity index is 1.63. The number of aryl methyl sites for hydroxylation is 1. The van der Waals surface area contributed by atoms with Crippen LogP contribution >= 0.6 is 0 Å². The standard InChI is InChI=1S/C18H30N4O2/c1-6-24-15-10-14(18(15)8-7-9-18)19-17(23)20-16-12(4)21-22(11(2)3)13(16)5/h11,14-15H,6-10H2,1-5H3,(H2,19,20,23)/t14-,15-/m0/s1. The van der Waals surface area contributed by atoms with Crippen LogP contribution in [0.2, 0.25) is 0 Å². The Morgan fingerprint density at radius 2 is 2.12 bits per heavy atom. The van der Waals surface area contributed by atoms with Crippen LogP contribution in [0.1, 0.15) is 63.9 Å². The summed E-state index contributed by atoms with van der Waals surface area (Å²) in [7, 11) is 0. The van der Waals surface area contributed by atoms with Crippen LogP contribution < -0.4 is 10.6 Å². The van der Waals surface area contributed by atoms with Gasteiger partial charge in [0, 0.05) is 24.1 Å². The van der Waals surface area contributed by atoms with Crippen LogP contribution in [0.5, 0.6) is 0 Å². The first-order valence-electron chi connectivity index (χ1n) is 9.14. The lowest BCUT2D eigenvalue weighted by Gasteiger charge is -2.60. The maximum atomic E-state index is 12.5. The molecule has 0 unspecified atom stereocenters. The number of amides is 2. The van der Waals surface area contributed by atoms with Crippen LogP contribution in [0.15, 0.2) is 0 Å². The molecule has 0 saturated heterocycles. The average Bonchev–Trinajstić information content (AvgIpc) is 2.72. The molecular weight excluding hydrogens is 304 g/mol. The molecule has 0 aromatic carbocycles. The first-order chi connectivity index (χ1) is 11.4. The highest BCUT2D eigenvalue weighted by molar-refractivity contribution is 5.90. The Hall–Kier alpha value is -1.56. The van der Waals surface area contributed by atoms with Crippen LogP contribution in [0, 0.1) is 19.3 Å². The number of carbonyl (C=O) groups excluding carboxylic acids is 1. The first-order valence-corrected chi connectivity index (χ1v) is 9.14. The maximum absolute atomic E-state index is 12.5. The Labute approximate surface area is 144 Å². The largest absolute Gasteiger partial charge is 0.378 e. The number of urea groups is 1. The molecule has 1 aromatic heterocycles. The molecule has 2 fully saturated rings. The third-order valence-corrected chi connectivity index (χ3v) is 5.80. The molecule has 2 aliphatic rings. The summed E-state index contributed by atoms with van der Waals surface area (Å²) in [5, 5.41) is 10.7. The van der Waals surface area contributed by atoms with Gasteiger partial charge in [0.2, 0.25) is 0 Å². The van der Waals surface area contributed by atoms with E-state index >= 15 is 0 Å². The van der Waals surface area contributed by atoms with Crippen molar-refractivity contribution in [1.82, 2.24) is 15.1 Å². The number of ether oxygens (including phenoxy) is 1. The predicted octanol–water partition coefficient (Wildman–Crippen LogP) is 3.55. The number of carbonyl (C=O) groups is 1. The molecule has 2 atom stereocenters. The third kappa shape index (κ3) is 2.70. The smallest absolute Gasteiger partial charge is 0.319 e. The van der Waals surface area contributed by atoms with E-state index in [4.69, 9.17) is 4.74 Å². The van der Waals surface area contributed by atoms with Gasteiger partial charge in [-0.15, -0.1) is 0 Å². The average molecular weight is 334 g/mol. The van der Waals surface area contributed by atoms with E-state index in [1.165, 1.54) is 6.42 Å². The van der Waals surface area contributed by atoms with Crippen molar-refractivity contribution in [3.8, 4) is 0 Å². The van der Waals surface area contributed by atoms with Crippen molar-refractivity contribution in [2.45, 2.75) is 78.5 Å². The van der Waals surface area contributed by atoms with Gasteiger partial charge in [0.15, 0.2) is 0 Å². The fourth-order valence-electron chi connectivity index (χ4n) is 4.30. The van der Waals surface area contributed by atoms with Crippen molar-refractivity contribution in [2.75, 3.05) is 11.9 Å². The lowest BCUT2D eigenvalue weighted by Crippen LogP contribution is -2.68. The Bertz CT molecular complexity index is 619. The third-order valence-electron chi connectivity index (χ3n) is 5.80. The van der Waals surface area contributed by atoms with Crippen molar-refractivity contribution >= 4 is 11.7 Å². The second-order valence-corrected chi connectivity index (χ2v) is 7.50. The zero-order valence-corrected chi connectivity index (χ0v) is 15.5. The normalized spacial score (nSPS) is 24.6. The molecule has 2 saturated carbocycles. The monoisotopic (exact) mass is 334 g/mol. The first kappa shape index (κ1) is 17.3. The molecule has 1 aromatic rings. The highest BCUT2D eigenvalue weighted by atomic mass is 16.5. The van der Waals surface area contributed by atoms with Gasteiger partial charge in [-0.2, -0.15) is 5.10 Å². The number of rotatable bonds is 5. The SMILES string of the molecule is CCO[C@H]1C[C@H](NC(=O)Nc2c(C)nn(C(C)C)c2C)C12CCC2. The highest BCUT2D eigenvalue weighted by Crippen LogP contribution is 2.57. The van der Waals surface area contributed by atoms with Crippen LogP contribution in [0.25, 0.3) is 0 Å². The molecule has 0 bridgehead atoms. The van der Waals surface area contributed by atoms with Gasteiger partial charge in [-0.1, -0.05) is 6.42 Å². The second-order valence-electron chi connectivity index (χ2n) is 7.50. The molecule has 1 heterocycles. The van der Waals surface area contributed by atoms with Gasteiger partial charge in [0.1, 0.15) is 0 Å².